The van der Waals surface area contributed by atoms with E-state index in [-0.39, 0.29) is 18.0 Å². The highest BCUT2D eigenvalue weighted by molar-refractivity contribution is 7.99. The van der Waals surface area contributed by atoms with Gasteiger partial charge in [-0.25, -0.2) is 22.8 Å². The summed E-state index contributed by atoms with van der Waals surface area (Å²) >= 11 is 1.35. The number of fused-ring (bicyclic) bond motifs is 1. The number of aromatic nitrogens is 3. The highest BCUT2D eigenvalue weighted by atomic mass is 32.2. The number of hydrogen-bond donors (Lipinski definition) is 1. The Balaban J connectivity index is 1.08. The van der Waals surface area contributed by atoms with Gasteiger partial charge in [0, 0.05) is 101 Å². The molecule has 4 aromatic rings. The summed E-state index contributed by atoms with van der Waals surface area (Å²) in [6.45, 7) is 9.83. The quantitative estimate of drug-likeness (QED) is 0.232. The number of hydrogen-bond acceptors (Lipinski definition) is 10. The number of rotatable bonds is 11. The third-order valence-corrected chi connectivity index (χ3v) is 12.6. The van der Waals surface area contributed by atoms with Gasteiger partial charge in [0.2, 0.25) is 10.0 Å². The van der Waals surface area contributed by atoms with Crippen LogP contribution in [0.15, 0.2) is 58.7 Å². The first kappa shape index (κ1) is 37.7. The number of halogens is 1. The minimum Gasteiger partial charge on any atom is -0.366 e. The van der Waals surface area contributed by atoms with Gasteiger partial charge < -0.3 is 14.8 Å². The Bertz CT molecular complexity index is 2080. The Morgan fingerprint density at radius 1 is 1.10 bits per heavy atom. The standard InChI is InChI=1S/C37H46FN9O3S2/c1-25(45-14-16-46(17-15-45)52(5,49)50)22-47-30(20-39)19-31-26(2)27(6-8-33(31)47)23-44-12-10-29(11-13-44)42-36-35(21-40-24-41-36)51-34-9-7-28(38)18-32(34)37(48)43(3)4/h6-9,18-19,21,24-25,29H,10-17,22-23H2,1-5H3,(H,40,41,42). The fourth-order valence-corrected chi connectivity index (χ4v) is 8.90. The molecule has 4 heterocycles. The zero-order valence-corrected chi connectivity index (χ0v) is 32.0. The number of nitriles is 1. The molecule has 2 fully saturated rings. The number of benzene rings is 2. The van der Waals surface area contributed by atoms with Crippen molar-refractivity contribution in [1.82, 2.24) is 33.5 Å². The number of likely N-dealkylation sites (tertiary alicyclic amines) is 1. The van der Waals surface area contributed by atoms with Crippen molar-refractivity contribution in [1.29, 1.82) is 5.26 Å². The molecule has 2 aromatic heterocycles. The molecule has 2 aromatic carbocycles. The van der Waals surface area contributed by atoms with Gasteiger partial charge in [-0.15, -0.1) is 0 Å². The maximum Gasteiger partial charge on any atom is 0.254 e. The van der Waals surface area contributed by atoms with Crippen LogP contribution in [0.3, 0.4) is 0 Å². The molecule has 2 saturated heterocycles. The summed E-state index contributed by atoms with van der Waals surface area (Å²) in [4.78, 5) is 29.1. The molecule has 0 saturated carbocycles. The van der Waals surface area contributed by atoms with E-state index in [2.05, 4.69) is 61.7 Å². The van der Waals surface area contributed by atoms with Gasteiger partial charge in [0.15, 0.2) is 0 Å². The lowest BCUT2D eigenvalue weighted by molar-refractivity contribution is 0.0823. The molecule has 52 heavy (non-hydrogen) atoms. The molecule has 1 amide bonds. The van der Waals surface area contributed by atoms with Crippen LogP contribution in [0.25, 0.3) is 10.9 Å². The molecule has 0 aliphatic carbocycles. The van der Waals surface area contributed by atoms with E-state index >= 15 is 0 Å². The molecule has 12 nitrogen and oxygen atoms in total. The second-order valence-electron chi connectivity index (χ2n) is 14.0. The second kappa shape index (κ2) is 15.9. The number of aryl methyl sites for hydroxylation is 1. The first-order valence-electron chi connectivity index (χ1n) is 17.5. The smallest absolute Gasteiger partial charge is 0.254 e. The van der Waals surface area contributed by atoms with Gasteiger partial charge in [0.1, 0.15) is 29.7 Å². The van der Waals surface area contributed by atoms with E-state index in [0.29, 0.717) is 54.7 Å². The number of nitrogens with one attached hydrogen (secondary N) is 1. The third-order valence-electron chi connectivity index (χ3n) is 10.2. The number of piperidine rings is 1. The lowest BCUT2D eigenvalue weighted by Crippen LogP contribution is -2.51. The van der Waals surface area contributed by atoms with Gasteiger partial charge in [0.05, 0.1) is 16.7 Å². The van der Waals surface area contributed by atoms with Crippen molar-refractivity contribution in [3.63, 3.8) is 0 Å². The topological polar surface area (TPSA) is 131 Å². The number of carbonyl (C=O) groups excluding carboxylic acids is 1. The Morgan fingerprint density at radius 2 is 1.83 bits per heavy atom. The molecule has 0 bridgehead atoms. The fourth-order valence-electron chi connectivity index (χ4n) is 7.12. The number of nitrogens with zero attached hydrogens (tertiary/aromatic N) is 8. The van der Waals surface area contributed by atoms with E-state index in [0.717, 1.165) is 48.3 Å². The minimum atomic E-state index is -3.19. The number of carbonyl (C=O) groups is 1. The van der Waals surface area contributed by atoms with Crippen LogP contribution >= 0.6 is 11.8 Å². The summed E-state index contributed by atoms with van der Waals surface area (Å²) in [6.07, 6.45) is 6.32. The molecule has 1 N–H and O–H groups in total. The van der Waals surface area contributed by atoms with Crippen molar-refractivity contribution in [2.24, 2.45) is 0 Å². The molecule has 2 aliphatic heterocycles. The lowest BCUT2D eigenvalue weighted by atomic mass is 10.0. The molecule has 0 radical (unpaired) electrons. The molecule has 276 valence electrons. The van der Waals surface area contributed by atoms with E-state index in [1.165, 1.54) is 56.8 Å². The van der Waals surface area contributed by atoms with Crippen LogP contribution in [0.2, 0.25) is 0 Å². The van der Waals surface area contributed by atoms with Gasteiger partial charge in [-0.3, -0.25) is 14.6 Å². The zero-order chi connectivity index (χ0) is 37.2. The third kappa shape index (κ3) is 8.42. The molecule has 15 heteroatoms. The Hall–Kier alpha value is -4.07. The van der Waals surface area contributed by atoms with E-state index < -0.39 is 15.8 Å². The minimum absolute atomic E-state index is 0.143. The predicted octanol–water partition coefficient (Wildman–Crippen LogP) is 4.65. The number of piperazine rings is 1. The average Bonchev–Trinajstić information content (AvgIpc) is 3.48. The van der Waals surface area contributed by atoms with Crippen LogP contribution in [-0.4, -0.2) is 120 Å². The van der Waals surface area contributed by atoms with Crippen molar-refractivity contribution in [2.45, 2.75) is 61.7 Å². The van der Waals surface area contributed by atoms with Crippen molar-refractivity contribution in [2.75, 3.05) is 64.9 Å². The summed E-state index contributed by atoms with van der Waals surface area (Å²) in [5.74, 6) is -0.0438. The van der Waals surface area contributed by atoms with Crippen LogP contribution in [0, 0.1) is 24.1 Å². The molecule has 1 unspecified atom stereocenters. The van der Waals surface area contributed by atoms with Crippen molar-refractivity contribution in [3.8, 4) is 6.07 Å². The molecule has 2 aliphatic rings. The highest BCUT2D eigenvalue weighted by Gasteiger charge is 2.27. The normalized spacial score (nSPS) is 17.2. The van der Waals surface area contributed by atoms with Gasteiger partial charge in [-0.1, -0.05) is 17.8 Å². The Labute approximate surface area is 309 Å². The zero-order valence-electron chi connectivity index (χ0n) is 30.3. The van der Waals surface area contributed by atoms with Crippen LogP contribution in [0.4, 0.5) is 10.2 Å². The summed E-state index contributed by atoms with van der Waals surface area (Å²) in [6, 6.07) is 13.3. The average molecular weight is 748 g/mol. The summed E-state index contributed by atoms with van der Waals surface area (Å²) in [5.41, 5.74) is 4.38. The molecule has 1 atom stereocenters. The largest absolute Gasteiger partial charge is 0.366 e. The SMILES string of the molecule is Cc1c(CN2CCC(Nc3ncncc3Sc3ccc(F)cc3C(=O)N(C)C)CC2)ccc2c1cc(C#N)n2CC(C)N1CCN(S(C)(=O)=O)CC1. The van der Waals surface area contributed by atoms with Crippen LogP contribution in [0.1, 0.15) is 46.9 Å². The van der Waals surface area contributed by atoms with E-state index in [1.807, 2.05) is 6.07 Å². The maximum atomic E-state index is 14.1. The number of anilines is 1. The monoisotopic (exact) mass is 747 g/mol. The summed E-state index contributed by atoms with van der Waals surface area (Å²) in [5, 5.41) is 14.8. The highest BCUT2D eigenvalue weighted by Crippen LogP contribution is 2.36. The van der Waals surface area contributed by atoms with Crippen molar-refractivity contribution in [3.05, 3.63) is 77.1 Å². The van der Waals surface area contributed by atoms with Crippen LogP contribution in [0.5, 0.6) is 0 Å². The number of amides is 1. The molecular formula is C37H46FN9O3S2. The molecule has 0 spiro atoms. The van der Waals surface area contributed by atoms with Crippen molar-refractivity contribution >= 4 is 44.4 Å². The van der Waals surface area contributed by atoms with E-state index in [9.17, 15) is 22.9 Å². The predicted molar refractivity (Wildman–Crippen MR) is 201 cm³/mol. The van der Waals surface area contributed by atoms with Crippen LogP contribution < -0.4 is 5.32 Å². The summed E-state index contributed by atoms with van der Waals surface area (Å²) < 4.78 is 41.6. The van der Waals surface area contributed by atoms with E-state index in [4.69, 9.17) is 0 Å². The lowest BCUT2D eigenvalue weighted by Gasteiger charge is -2.37. The molecular weight excluding hydrogens is 702 g/mol. The molecule has 6 rings (SSSR count). The fraction of sp³-hybridized carbons (Fsp3) is 0.459. The van der Waals surface area contributed by atoms with E-state index in [1.54, 1.807) is 26.4 Å². The second-order valence-corrected chi connectivity index (χ2v) is 17.0. The summed E-state index contributed by atoms with van der Waals surface area (Å²) in [7, 11) is 0.101. The first-order valence-corrected chi connectivity index (χ1v) is 20.2. The Morgan fingerprint density at radius 3 is 2.50 bits per heavy atom. The van der Waals surface area contributed by atoms with Crippen LogP contribution in [-0.2, 0) is 23.1 Å². The number of sulfonamides is 1. The first-order chi connectivity index (χ1) is 24.8. The Kier molecular flexibility index (Phi) is 11.5. The van der Waals surface area contributed by atoms with Gasteiger partial charge in [-0.2, -0.15) is 9.57 Å². The van der Waals surface area contributed by atoms with Gasteiger partial charge >= 0.3 is 0 Å². The van der Waals surface area contributed by atoms with Crippen molar-refractivity contribution < 1.29 is 17.6 Å². The van der Waals surface area contributed by atoms with Gasteiger partial charge in [-0.05, 0) is 68.1 Å². The van der Waals surface area contributed by atoms with Gasteiger partial charge in [0.25, 0.3) is 5.91 Å². The maximum absolute atomic E-state index is 14.1.